The van der Waals surface area contributed by atoms with Gasteiger partial charge in [-0.1, -0.05) is 0 Å². The van der Waals surface area contributed by atoms with Gasteiger partial charge in [-0.2, -0.15) is 10.2 Å². The number of aliphatic hydroxyl groups is 2. The maximum absolute atomic E-state index is 12.1. The van der Waals surface area contributed by atoms with Crippen molar-refractivity contribution in [3.63, 3.8) is 0 Å². The molecule has 13 nitrogen and oxygen atoms in total. The van der Waals surface area contributed by atoms with Gasteiger partial charge in [0.1, 0.15) is 42.8 Å². The molecule has 0 bridgehead atoms. The number of aromatic nitrogens is 4. The van der Waals surface area contributed by atoms with Crippen molar-refractivity contribution in [2.45, 2.75) is 36.5 Å². The Morgan fingerprint density at radius 2 is 2.31 bits per heavy atom. The lowest BCUT2D eigenvalue weighted by Crippen LogP contribution is -2.49. The van der Waals surface area contributed by atoms with Crippen molar-refractivity contribution in [1.82, 2.24) is 19.5 Å². The van der Waals surface area contributed by atoms with Crippen LogP contribution in [0.25, 0.3) is 0 Å². The number of nitriles is 1. The summed E-state index contributed by atoms with van der Waals surface area (Å²) in [4.78, 5) is 34.3. The molecular weight excluding hydrogens is 386 g/mol. The number of ether oxygens (including phenoxy) is 2. The highest BCUT2D eigenvalue weighted by Crippen LogP contribution is 2.34. The molecule has 0 spiro atoms. The Hall–Kier alpha value is -3.31. The van der Waals surface area contributed by atoms with E-state index in [9.17, 15) is 25.1 Å². The summed E-state index contributed by atoms with van der Waals surface area (Å²) in [6.07, 6.45) is -0.547. The van der Waals surface area contributed by atoms with Gasteiger partial charge in [0, 0.05) is 24.5 Å². The van der Waals surface area contributed by atoms with Gasteiger partial charge in [0.05, 0.1) is 6.33 Å². The largest absolute Gasteiger partial charge is 0.462 e. The quantitative estimate of drug-likeness (QED) is 0.304. The topological polar surface area (TPSA) is 215 Å². The zero-order valence-electron chi connectivity index (χ0n) is 15.0. The first-order valence-electron chi connectivity index (χ1n) is 8.49. The predicted molar refractivity (Wildman–Crippen MR) is 94.6 cm³/mol. The summed E-state index contributed by atoms with van der Waals surface area (Å²) in [6.45, 7) is -0.506. The van der Waals surface area contributed by atoms with Gasteiger partial charge in [-0.05, 0) is 6.07 Å². The molecule has 29 heavy (non-hydrogen) atoms. The molecule has 1 aliphatic rings. The molecular formula is C16H19N7O6. The molecule has 1 saturated heterocycles. The number of hydrogen-bond donors (Lipinski definition) is 5. The Labute approximate surface area is 163 Å². The highest BCUT2D eigenvalue weighted by Gasteiger charge is 2.57. The van der Waals surface area contributed by atoms with E-state index in [0.29, 0.717) is 10.3 Å². The van der Waals surface area contributed by atoms with Crippen LogP contribution in [0.2, 0.25) is 0 Å². The summed E-state index contributed by atoms with van der Waals surface area (Å²) in [5.41, 5.74) is 8.58. The lowest BCUT2D eigenvalue weighted by Gasteiger charge is -2.26. The molecule has 7 N–H and O–H groups in total. The van der Waals surface area contributed by atoms with Gasteiger partial charge in [-0.3, -0.25) is 9.36 Å². The van der Waals surface area contributed by atoms with Gasteiger partial charge in [0.2, 0.25) is 0 Å². The van der Waals surface area contributed by atoms with Crippen LogP contribution in [-0.2, 0) is 26.4 Å². The van der Waals surface area contributed by atoms with E-state index in [-0.39, 0.29) is 12.2 Å². The number of imidazole rings is 1. The average molecular weight is 405 g/mol. The first-order chi connectivity index (χ1) is 13.8. The molecule has 3 rings (SSSR count). The molecule has 3 heterocycles. The molecule has 13 heteroatoms. The van der Waals surface area contributed by atoms with Crippen LogP contribution in [0, 0.1) is 11.3 Å². The first-order valence-corrected chi connectivity index (χ1v) is 8.49. The zero-order valence-corrected chi connectivity index (χ0v) is 15.0. The number of carbonyl (C=O) groups is 1. The average Bonchev–Trinajstić information content (AvgIpc) is 3.28. The Morgan fingerprint density at radius 3 is 2.93 bits per heavy atom. The molecule has 1 aliphatic heterocycles. The van der Waals surface area contributed by atoms with Gasteiger partial charge in [0.25, 0.3) is 5.72 Å². The van der Waals surface area contributed by atoms with E-state index in [1.165, 1.54) is 18.6 Å². The number of nitrogens with two attached hydrogens (primary N) is 2. The van der Waals surface area contributed by atoms with Crippen molar-refractivity contribution in [1.29, 1.82) is 5.26 Å². The normalized spacial score (nSPS) is 27.3. The van der Waals surface area contributed by atoms with Crippen LogP contribution in [0.15, 0.2) is 29.6 Å². The highest BCUT2D eigenvalue weighted by atomic mass is 16.6. The van der Waals surface area contributed by atoms with Crippen molar-refractivity contribution >= 4 is 11.8 Å². The lowest BCUT2D eigenvalue weighted by molar-refractivity contribution is -0.155. The first kappa shape index (κ1) is 20.4. The lowest BCUT2D eigenvalue weighted by atomic mass is 10.0. The molecule has 0 saturated carbocycles. The van der Waals surface area contributed by atoms with Crippen molar-refractivity contribution in [3.8, 4) is 6.07 Å². The fourth-order valence-corrected chi connectivity index (χ4v) is 2.94. The number of anilines is 1. The van der Waals surface area contributed by atoms with Gasteiger partial charge in [-0.15, -0.1) is 0 Å². The van der Waals surface area contributed by atoms with Crippen LogP contribution in [0.5, 0.6) is 0 Å². The number of hydrogen-bond acceptors (Lipinski definition) is 11. The van der Waals surface area contributed by atoms with Crippen molar-refractivity contribution in [2.24, 2.45) is 5.73 Å². The van der Waals surface area contributed by atoms with E-state index in [1.807, 2.05) is 0 Å². The second-order valence-corrected chi connectivity index (χ2v) is 6.42. The second kappa shape index (κ2) is 7.97. The Kier molecular flexibility index (Phi) is 5.62. The van der Waals surface area contributed by atoms with Crippen LogP contribution in [0.3, 0.4) is 0 Å². The van der Waals surface area contributed by atoms with Crippen molar-refractivity contribution in [3.05, 3.63) is 41.0 Å². The fraction of sp³-hybridized carbons (Fsp3) is 0.438. The van der Waals surface area contributed by atoms with E-state index in [0.717, 1.165) is 6.20 Å². The Bertz CT molecular complexity index is 971. The molecule has 154 valence electrons. The Morgan fingerprint density at radius 1 is 1.55 bits per heavy atom. The molecule has 2 aromatic rings. The van der Waals surface area contributed by atoms with Crippen LogP contribution in [0.1, 0.15) is 5.69 Å². The summed E-state index contributed by atoms with van der Waals surface area (Å²) < 4.78 is 11.2. The molecule has 0 aliphatic carbocycles. The number of nitrogen functional groups attached to an aromatic ring is 1. The van der Waals surface area contributed by atoms with Gasteiger partial charge < -0.3 is 36.1 Å². The standard InChI is InChI=1S/C16H19N7O6/c17-6-16(23-2-1-11(19)22-15(23)27)13(25)12(24)10(29-16)5-28-14(26)9(18)3-8-4-20-7-21-8/h1-2,4,7,9-10,12-13,24-25H,3,5,18H2,(H,20,21)(H2,19,22,27)/t9-,10+,12?,13?,16+/m0/s1. The molecule has 1 fully saturated rings. The molecule has 0 aromatic carbocycles. The molecule has 0 radical (unpaired) electrons. The van der Waals surface area contributed by atoms with Crippen molar-refractivity contribution in [2.75, 3.05) is 12.3 Å². The number of rotatable bonds is 6. The molecule has 0 amide bonds. The number of H-pyrrole nitrogens is 1. The third kappa shape index (κ3) is 3.82. The number of esters is 1. The zero-order chi connectivity index (χ0) is 21.2. The smallest absolute Gasteiger partial charge is 0.352 e. The minimum Gasteiger partial charge on any atom is -0.462 e. The number of nitrogens with zero attached hydrogens (tertiary/aromatic N) is 4. The van der Waals surface area contributed by atoms with Crippen LogP contribution < -0.4 is 17.2 Å². The maximum Gasteiger partial charge on any atom is 0.352 e. The third-order valence-electron chi connectivity index (χ3n) is 4.47. The van der Waals surface area contributed by atoms with Crippen molar-refractivity contribution < 1.29 is 24.5 Å². The minimum absolute atomic E-state index is 0.0934. The van der Waals surface area contributed by atoms with Gasteiger partial charge in [-0.25, -0.2) is 9.78 Å². The summed E-state index contributed by atoms with van der Waals surface area (Å²) in [5.74, 6) is -0.880. The third-order valence-corrected chi connectivity index (χ3v) is 4.47. The summed E-state index contributed by atoms with van der Waals surface area (Å²) in [7, 11) is 0. The highest BCUT2D eigenvalue weighted by molar-refractivity contribution is 5.75. The van der Waals surface area contributed by atoms with Crippen LogP contribution >= 0.6 is 0 Å². The number of aliphatic hydroxyl groups excluding tert-OH is 2. The summed E-state index contributed by atoms with van der Waals surface area (Å²) in [5, 5.41) is 30.2. The molecule has 2 aromatic heterocycles. The van der Waals surface area contributed by atoms with Crippen LogP contribution in [0.4, 0.5) is 5.82 Å². The monoisotopic (exact) mass is 405 g/mol. The maximum atomic E-state index is 12.1. The number of nitrogens with one attached hydrogen (secondary N) is 1. The van der Waals surface area contributed by atoms with E-state index in [2.05, 4.69) is 15.0 Å². The summed E-state index contributed by atoms with van der Waals surface area (Å²) in [6, 6.07) is 1.89. The second-order valence-electron chi connectivity index (χ2n) is 6.42. The summed E-state index contributed by atoms with van der Waals surface area (Å²) >= 11 is 0. The predicted octanol–water partition coefficient (Wildman–Crippen LogP) is -3.04. The Balaban J connectivity index is 1.71. The molecule has 2 unspecified atom stereocenters. The fourth-order valence-electron chi connectivity index (χ4n) is 2.94. The minimum atomic E-state index is -2.27. The van der Waals surface area contributed by atoms with Gasteiger partial charge >= 0.3 is 11.7 Å². The molecule has 5 atom stereocenters. The number of carbonyl (C=O) groups excluding carboxylic acids is 1. The number of aromatic amines is 1. The van der Waals surface area contributed by atoms with E-state index < -0.39 is 48.3 Å². The van der Waals surface area contributed by atoms with E-state index in [1.54, 1.807) is 6.07 Å². The van der Waals surface area contributed by atoms with E-state index in [4.69, 9.17) is 20.9 Å². The SMILES string of the molecule is N#C[C@@]1(n2ccc(N)nc2=O)O[C@H](COC(=O)[C@@H](N)Cc2cnc[nH]2)C(O)C1O. The van der Waals surface area contributed by atoms with Crippen LogP contribution in [-0.4, -0.2) is 66.7 Å². The van der Waals surface area contributed by atoms with E-state index >= 15 is 0 Å². The van der Waals surface area contributed by atoms with Gasteiger partial charge in [0.15, 0.2) is 0 Å².